The number of hydrogen-bond acceptors (Lipinski definition) is 2. The second-order valence-electron chi connectivity index (χ2n) is 3.09. The quantitative estimate of drug-likeness (QED) is 0.713. The number of H-pyrrole nitrogens is 1. The second kappa shape index (κ2) is 3.38. The molecule has 0 aromatic carbocycles. The van der Waals surface area contributed by atoms with Crippen LogP contribution < -0.4 is 0 Å². The van der Waals surface area contributed by atoms with Gasteiger partial charge in [0, 0.05) is 11.8 Å². The standard InChI is InChI=1S/C8H12N2O2/c1-5(2)7(8(11)12)6-3-9-10-4-6/h3-5,7H,1-2H3,(H,9,10)(H,11,12). The molecule has 4 heteroatoms. The summed E-state index contributed by atoms with van der Waals surface area (Å²) in [6.45, 7) is 3.76. The molecular formula is C8H12N2O2. The molecule has 4 nitrogen and oxygen atoms in total. The Bertz CT molecular complexity index is 254. The highest BCUT2D eigenvalue weighted by Gasteiger charge is 2.23. The van der Waals surface area contributed by atoms with Crippen molar-refractivity contribution in [2.24, 2.45) is 5.92 Å². The Morgan fingerprint density at radius 1 is 1.67 bits per heavy atom. The lowest BCUT2D eigenvalue weighted by molar-refractivity contribution is -0.139. The summed E-state index contributed by atoms with van der Waals surface area (Å²) in [6.07, 6.45) is 3.18. The summed E-state index contributed by atoms with van der Waals surface area (Å²) in [5, 5.41) is 15.2. The minimum absolute atomic E-state index is 0.0834. The van der Waals surface area contributed by atoms with E-state index in [0.717, 1.165) is 5.56 Å². The van der Waals surface area contributed by atoms with E-state index in [4.69, 9.17) is 5.11 Å². The fourth-order valence-electron chi connectivity index (χ4n) is 1.24. The van der Waals surface area contributed by atoms with Crippen LogP contribution in [0.25, 0.3) is 0 Å². The van der Waals surface area contributed by atoms with Crippen LogP contribution in [0.5, 0.6) is 0 Å². The van der Waals surface area contributed by atoms with Crippen LogP contribution in [-0.4, -0.2) is 21.3 Å². The van der Waals surface area contributed by atoms with E-state index in [9.17, 15) is 4.79 Å². The van der Waals surface area contributed by atoms with Crippen molar-refractivity contribution in [2.75, 3.05) is 0 Å². The fraction of sp³-hybridized carbons (Fsp3) is 0.500. The third-order valence-electron chi connectivity index (χ3n) is 1.81. The van der Waals surface area contributed by atoms with Gasteiger partial charge in [0.15, 0.2) is 0 Å². The molecule has 12 heavy (non-hydrogen) atoms. The lowest BCUT2D eigenvalue weighted by Crippen LogP contribution is -2.16. The Morgan fingerprint density at radius 2 is 2.33 bits per heavy atom. The van der Waals surface area contributed by atoms with E-state index in [-0.39, 0.29) is 5.92 Å². The molecule has 1 unspecified atom stereocenters. The fourth-order valence-corrected chi connectivity index (χ4v) is 1.24. The molecular weight excluding hydrogens is 156 g/mol. The SMILES string of the molecule is CC(C)C(C(=O)O)c1cn[nH]c1. The largest absolute Gasteiger partial charge is 0.481 e. The van der Waals surface area contributed by atoms with E-state index in [1.807, 2.05) is 13.8 Å². The minimum atomic E-state index is -0.800. The molecule has 1 heterocycles. The molecule has 0 radical (unpaired) electrons. The monoisotopic (exact) mass is 168 g/mol. The number of carboxylic acid groups (broad SMARTS) is 1. The van der Waals surface area contributed by atoms with Gasteiger partial charge in [-0.2, -0.15) is 5.10 Å². The van der Waals surface area contributed by atoms with Crippen LogP contribution in [0.4, 0.5) is 0 Å². The molecule has 1 aromatic heterocycles. The second-order valence-corrected chi connectivity index (χ2v) is 3.09. The highest BCUT2D eigenvalue weighted by Crippen LogP contribution is 2.23. The Hall–Kier alpha value is -1.32. The molecule has 0 amide bonds. The van der Waals surface area contributed by atoms with Crippen molar-refractivity contribution in [3.05, 3.63) is 18.0 Å². The van der Waals surface area contributed by atoms with Gasteiger partial charge in [0.25, 0.3) is 0 Å². The molecule has 1 rings (SSSR count). The van der Waals surface area contributed by atoms with Gasteiger partial charge in [-0.05, 0) is 5.92 Å². The van der Waals surface area contributed by atoms with Crippen LogP contribution in [0, 0.1) is 5.92 Å². The van der Waals surface area contributed by atoms with Crippen molar-refractivity contribution in [1.82, 2.24) is 10.2 Å². The number of rotatable bonds is 3. The van der Waals surface area contributed by atoms with Crippen LogP contribution in [-0.2, 0) is 4.79 Å². The summed E-state index contributed by atoms with van der Waals surface area (Å²) in [6, 6.07) is 0. The van der Waals surface area contributed by atoms with Crippen LogP contribution >= 0.6 is 0 Å². The Kier molecular flexibility index (Phi) is 2.47. The molecule has 0 spiro atoms. The molecule has 1 atom stereocenters. The zero-order valence-corrected chi connectivity index (χ0v) is 7.11. The third-order valence-corrected chi connectivity index (χ3v) is 1.81. The van der Waals surface area contributed by atoms with Crippen LogP contribution in [0.2, 0.25) is 0 Å². The van der Waals surface area contributed by atoms with Crippen molar-refractivity contribution < 1.29 is 9.90 Å². The first-order valence-corrected chi connectivity index (χ1v) is 3.84. The van der Waals surface area contributed by atoms with Gasteiger partial charge < -0.3 is 5.11 Å². The lowest BCUT2D eigenvalue weighted by atomic mass is 9.91. The van der Waals surface area contributed by atoms with Gasteiger partial charge in [-0.3, -0.25) is 9.89 Å². The van der Waals surface area contributed by atoms with Crippen molar-refractivity contribution in [2.45, 2.75) is 19.8 Å². The maximum atomic E-state index is 10.8. The van der Waals surface area contributed by atoms with Crippen LogP contribution in [0.15, 0.2) is 12.4 Å². The van der Waals surface area contributed by atoms with E-state index in [0.29, 0.717) is 0 Å². The lowest BCUT2D eigenvalue weighted by Gasteiger charge is -2.13. The maximum absolute atomic E-state index is 10.8. The predicted molar refractivity (Wildman–Crippen MR) is 43.8 cm³/mol. The molecule has 0 fully saturated rings. The number of aromatic nitrogens is 2. The first kappa shape index (κ1) is 8.77. The van der Waals surface area contributed by atoms with Crippen molar-refractivity contribution in [3.8, 4) is 0 Å². The summed E-state index contributed by atoms with van der Waals surface area (Å²) in [5.41, 5.74) is 0.734. The van der Waals surface area contributed by atoms with Crippen LogP contribution in [0.3, 0.4) is 0 Å². The first-order chi connectivity index (χ1) is 5.63. The van der Waals surface area contributed by atoms with Gasteiger partial charge in [0.05, 0.1) is 12.1 Å². The van der Waals surface area contributed by atoms with Crippen LogP contribution in [0.1, 0.15) is 25.3 Å². The molecule has 0 saturated heterocycles. The van der Waals surface area contributed by atoms with Gasteiger partial charge in [-0.15, -0.1) is 0 Å². The van der Waals surface area contributed by atoms with Gasteiger partial charge in [-0.25, -0.2) is 0 Å². The van der Waals surface area contributed by atoms with Crippen molar-refractivity contribution >= 4 is 5.97 Å². The zero-order chi connectivity index (χ0) is 9.14. The van der Waals surface area contributed by atoms with E-state index < -0.39 is 11.9 Å². The Balaban J connectivity index is 2.88. The molecule has 0 aliphatic carbocycles. The summed E-state index contributed by atoms with van der Waals surface area (Å²) in [7, 11) is 0. The van der Waals surface area contributed by atoms with Crippen molar-refractivity contribution in [3.63, 3.8) is 0 Å². The Labute approximate surface area is 70.6 Å². The van der Waals surface area contributed by atoms with Crippen molar-refractivity contribution in [1.29, 1.82) is 0 Å². The van der Waals surface area contributed by atoms with Gasteiger partial charge >= 0.3 is 5.97 Å². The van der Waals surface area contributed by atoms with Gasteiger partial charge in [0.1, 0.15) is 0 Å². The molecule has 0 aliphatic rings. The average Bonchev–Trinajstić information content (AvgIpc) is 2.37. The normalized spacial score (nSPS) is 13.2. The number of nitrogens with one attached hydrogen (secondary N) is 1. The molecule has 0 saturated carbocycles. The number of aliphatic carboxylic acids is 1. The first-order valence-electron chi connectivity index (χ1n) is 3.84. The molecule has 2 N–H and O–H groups in total. The zero-order valence-electron chi connectivity index (χ0n) is 7.11. The number of nitrogens with zero attached hydrogens (tertiary/aromatic N) is 1. The number of aromatic amines is 1. The highest BCUT2D eigenvalue weighted by molar-refractivity contribution is 5.76. The molecule has 0 bridgehead atoms. The molecule has 66 valence electrons. The summed E-state index contributed by atoms with van der Waals surface area (Å²) in [4.78, 5) is 10.8. The number of carbonyl (C=O) groups is 1. The van der Waals surface area contributed by atoms with Gasteiger partial charge in [0.2, 0.25) is 0 Å². The smallest absolute Gasteiger partial charge is 0.311 e. The predicted octanol–water partition coefficient (Wildman–Crippen LogP) is 1.23. The average molecular weight is 168 g/mol. The molecule has 1 aromatic rings. The summed E-state index contributed by atoms with van der Waals surface area (Å²) >= 11 is 0. The number of carboxylic acids is 1. The highest BCUT2D eigenvalue weighted by atomic mass is 16.4. The Morgan fingerprint density at radius 3 is 2.67 bits per heavy atom. The third kappa shape index (κ3) is 1.64. The summed E-state index contributed by atoms with van der Waals surface area (Å²) < 4.78 is 0. The van der Waals surface area contributed by atoms with E-state index in [1.54, 1.807) is 12.4 Å². The maximum Gasteiger partial charge on any atom is 0.311 e. The van der Waals surface area contributed by atoms with E-state index in [2.05, 4.69) is 10.2 Å². The summed E-state index contributed by atoms with van der Waals surface area (Å²) in [5.74, 6) is -1.17. The minimum Gasteiger partial charge on any atom is -0.481 e. The van der Waals surface area contributed by atoms with E-state index >= 15 is 0 Å². The topological polar surface area (TPSA) is 66.0 Å². The van der Waals surface area contributed by atoms with E-state index in [1.165, 1.54) is 0 Å². The van der Waals surface area contributed by atoms with Gasteiger partial charge in [-0.1, -0.05) is 13.8 Å². The number of hydrogen-bond donors (Lipinski definition) is 2. The molecule has 0 aliphatic heterocycles.